The van der Waals surface area contributed by atoms with Crippen molar-refractivity contribution in [2.24, 2.45) is 7.05 Å². The van der Waals surface area contributed by atoms with Crippen LogP contribution in [0, 0.1) is 0 Å². The van der Waals surface area contributed by atoms with Gasteiger partial charge in [-0.3, -0.25) is 4.68 Å². The number of aromatic nitrogens is 3. The van der Waals surface area contributed by atoms with Gasteiger partial charge in [0.15, 0.2) is 0 Å². The molecule has 134 valence electrons. The highest BCUT2D eigenvalue weighted by molar-refractivity contribution is 5.73. The number of urea groups is 1. The zero-order chi connectivity index (χ0) is 17.5. The number of pyridine rings is 1. The first-order valence-corrected chi connectivity index (χ1v) is 8.47. The van der Waals surface area contributed by atoms with Crippen LogP contribution in [0.3, 0.4) is 0 Å². The third-order valence-electron chi connectivity index (χ3n) is 4.05. The molecule has 2 aromatic rings. The maximum Gasteiger partial charge on any atom is 0.315 e. The van der Waals surface area contributed by atoms with Crippen molar-refractivity contribution in [3.63, 3.8) is 0 Å². The van der Waals surface area contributed by atoms with Crippen LogP contribution in [-0.2, 0) is 24.8 Å². The van der Waals surface area contributed by atoms with E-state index in [1.54, 1.807) is 17.1 Å². The van der Waals surface area contributed by atoms with Gasteiger partial charge in [0.25, 0.3) is 0 Å². The number of hydrogen-bond donors (Lipinski definition) is 2. The van der Waals surface area contributed by atoms with Gasteiger partial charge in [-0.1, -0.05) is 6.07 Å². The molecular weight excluding hydrogens is 320 g/mol. The van der Waals surface area contributed by atoms with Gasteiger partial charge in [-0.25, -0.2) is 9.78 Å². The molecule has 25 heavy (non-hydrogen) atoms. The van der Waals surface area contributed by atoms with Crippen LogP contribution in [0.4, 0.5) is 10.6 Å². The molecule has 0 spiro atoms. The van der Waals surface area contributed by atoms with Gasteiger partial charge in [0.1, 0.15) is 5.82 Å². The molecule has 1 aliphatic rings. The Balaban J connectivity index is 1.38. The number of carbonyl (C=O) groups excluding carboxylic acids is 1. The second kappa shape index (κ2) is 8.48. The monoisotopic (exact) mass is 344 g/mol. The van der Waals surface area contributed by atoms with E-state index in [4.69, 9.17) is 4.74 Å². The number of aryl methyl sites for hydroxylation is 1. The lowest BCUT2D eigenvalue weighted by atomic mass is 10.2. The average molecular weight is 344 g/mol. The molecule has 0 bridgehead atoms. The zero-order valence-electron chi connectivity index (χ0n) is 14.4. The molecule has 3 heterocycles. The van der Waals surface area contributed by atoms with Crippen molar-refractivity contribution < 1.29 is 9.53 Å². The Bertz CT molecular complexity index is 679. The highest BCUT2D eigenvalue weighted by atomic mass is 16.5. The van der Waals surface area contributed by atoms with Gasteiger partial charge in [0.05, 0.1) is 19.4 Å². The van der Waals surface area contributed by atoms with Crippen LogP contribution < -0.4 is 15.5 Å². The van der Waals surface area contributed by atoms with E-state index < -0.39 is 0 Å². The minimum absolute atomic E-state index is 0.179. The van der Waals surface area contributed by atoms with E-state index in [1.807, 2.05) is 25.4 Å². The van der Waals surface area contributed by atoms with Gasteiger partial charge in [-0.2, -0.15) is 5.10 Å². The summed E-state index contributed by atoms with van der Waals surface area (Å²) in [5.74, 6) is 0.952. The first-order valence-electron chi connectivity index (χ1n) is 8.47. The molecule has 0 saturated carbocycles. The molecule has 0 aliphatic carbocycles. The third kappa shape index (κ3) is 5.18. The van der Waals surface area contributed by atoms with Crippen molar-refractivity contribution in [2.45, 2.75) is 13.0 Å². The van der Waals surface area contributed by atoms with E-state index in [2.05, 4.69) is 25.6 Å². The maximum absolute atomic E-state index is 11.8. The Morgan fingerprint density at radius 3 is 2.72 bits per heavy atom. The van der Waals surface area contributed by atoms with Gasteiger partial charge in [-0.15, -0.1) is 0 Å². The van der Waals surface area contributed by atoms with Crippen molar-refractivity contribution in [1.82, 2.24) is 25.4 Å². The summed E-state index contributed by atoms with van der Waals surface area (Å²) >= 11 is 0. The fourth-order valence-electron chi connectivity index (χ4n) is 2.67. The minimum Gasteiger partial charge on any atom is -0.378 e. The summed E-state index contributed by atoms with van der Waals surface area (Å²) in [5, 5.41) is 9.79. The summed E-state index contributed by atoms with van der Waals surface area (Å²) in [7, 11) is 1.88. The Hall–Kier alpha value is -2.61. The highest BCUT2D eigenvalue weighted by Gasteiger charge is 2.12. The molecule has 0 unspecified atom stereocenters. The van der Waals surface area contributed by atoms with E-state index in [9.17, 15) is 4.79 Å². The summed E-state index contributed by atoms with van der Waals surface area (Å²) in [6.45, 7) is 4.24. The van der Waals surface area contributed by atoms with Crippen LogP contribution in [0.25, 0.3) is 0 Å². The molecule has 8 heteroatoms. The summed E-state index contributed by atoms with van der Waals surface area (Å²) in [4.78, 5) is 18.5. The van der Waals surface area contributed by atoms with E-state index in [-0.39, 0.29) is 6.03 Å². The molecule has 2 N–H and O–H groups in total. The zero-order valence-corrected chi connectivity index (χ0v) is 14.4. The molecule has 8 nitrogen and oxygen atoms in total. The number of morpholine rings is 1. The molecule has 2 aromatic heterocycles. The Morgan fingerprint density at radius 1 is 1.20 bits per heavy atom. The predicted molar refractivity (Wildman–Crippen MR) is 94.4 cm³/mol. The first-order chi connectivity index (χ1) is 12.2. The minimum atomic E-state index is -0.179. The number of ether oxygens (including phenoxy) is 1. The highest BCUT2D eigenvalue weighted by Crippen LogP contribution is 2.12. The molecule has 0 atom stereocenters. The fraction of sp³-hybridized carbons (Fsp3) is 0.471. The SMILES string of the molecule is Cn1cc(CCNC(=O)NCc2ccc(N3CCOCC3)nc2)cn1. The number of nitrogens with zero attached hydrogens (tertiary/aromatic N) is 4. The number of rotatable bonds is 6. The second-order valence-corrected chi connectivity index (χ2v) is 6.01. The van der Waals surface area contributed by atoms with Gasteiger partial charge >= 0.3 is 6.03 Å². The Morgan fingerprint density at radius 2 is 2.04 bits per heavy atom. The van der Waals surface area contributed by atoms with E-state index in [1.165, 1.54) is 0 Å². The molecular formula is C17H24N6O2. The largest absolute Gasteiger partial charge is 0.378 e. The predicted octanol–water partition coefficient (Wildman–Crippen LogP) is 0.694. The second-order valence-electron chi connectivity index (χ2n) is 6.01. The standard InChI is InChI=1S/C17H24N6O2/c1-22-13-15(12-21-22)4-5-18-17(24)20-11-14-2-3-16(19-10-14)23-6-8-25-9-7-23/h2-3,10,12-13H,4-9,11H2,1H3,(H2,18,20,24). The van der Waals surface area contributed by atoms with E-state index in [0.717, 1.165) is 49.7 Å². The van der Waals surface area contributed by atoms with Crippen LogP contribution in [0.1, 0.15) is 11.1 Å². The van der Waals surface area contributed by atoms with Gasteiger partial charge in [-0.05, 0) is 23.6 Å². The van der Waals surface area contributed by atoms with Gasteiger partial charge < -0.3 is 20.3 Å². The number of carbonyl (C=O) groups is 1. The summed E-state index contributed by atoms with van der Waals surface area (Å²) < 4.78 is 7.10. The molecule has 0 aromatic carbocycles. The first kappa shape index (κ1) is 17.2. The maximum atomic E-state index is 11.8. The lowest BCUT2D eigenvalue weighted by Crippen LogP contribution is -2.37. The number of amides is 2. The molecule has 1 saturated heterocycles. The van der Waals surface area contributed by atoms with Crippen LogP contribution in [0.15, 0.2) is 30.7 Å². The van der Waals surface area contributed by atoms with Crippen molar-refractivity contribution in [3.8, 4) is 0 Å². The Kier molecular flexibility index (Phi) is 5.84. The summed E-state index contributed by atoms with van der Waals surface area (Å²) in [6.07, 6.45) is 6.32. The van der Waals surface area contributed by atoms with Gasteiger partial charge in [0, 0.05) is 45.6 Å². The number of hydrogen-bond acceptors (Lipinski definition) is 5. The number of nitrogens with one attached hydrogen (secondary N) is 2. The van der Waals surface area contributed by atoms with E-state index >= 15 is 0 Å². The third-order valence-corrected chi connectivity index (χ3v) is 4.05. The van der Waals surface area contributed by atoms with Crippen LogP contribution in [0.2, 0.25) is 0 Å². The molecule has 1 fully saturated rings. The lowest BCUT2D eigenvalue weighted by Gasteiger charge is -2.27. The van der Waals surface area contributed by atoms with Crippen LogP contribution in [-0.4, -0.2) is 53.6 Å². The lowest BCUT2D eigenvalue weighted by molar-refractivity contribution is 0.122. The van der Waals surface area contributed by atoms with Gasteiger partial charge in [0.2, 0.25) is 0 Å². The smallest absolute Gasteiger partial charge is 0.315 e. The van der Waals surface area contributed by atoms with Crippen molar-refractivity contribution in [1.29, 1.82) is 0 Å². The Labute approximate surface area is 147 Å². The quantitative estimate of drug-likeness (QED) is 0.806. The number of anilines is 1. The van der Waals surface area contributed by atoms with Crippen molar-refractivity contribution in [2.75, 3.05) is 37.7 Å². The fourth-order valence-corrected chi connectivity index (χ4v) is 2.67. The topological polar surface area (TPSA) is 84.3 Å². The van der Waals surface area contributed by atoms with E-state index in [0.29, 0.717) is 13.1 Å². The normalized spacial score (nSPS) is 14.4. The van der Waals surface area contributed by atoms with Crippen molar-refractivity contribution in [3.05, 3.63) is 41.9 Å². The molecule has 2 amide bonds. The molecule has 1 aliphatic heterocycles. The van der Waals surface area contributed by atoms with Crippen LogP contribution >= 0.6 is 0 Å². The van der Waals surface area contributed by atoms with Crippen LogP contribution in [0.5, 0.6) is 0 Å². The summed E-state index contributed by atoms with van der Waals surface area (Å²) in [5.41, 5.74) is 2.07. The average Bonchev–Trinajstić information content (AvgIpc) is 3.06. The molecule has 0 radical (unpaired) electrons. The molecule has 3 rings (SSSR count). The summed E-state index contributed by atoms with van der Waals surface area (Å²) in [6, 6.07) is 3.80. The van der Waals surface area contributed by atoms with Crippen molar-refractivity contribution >= 4 is 11.8 Å².